The number of likely N-dealkylation sites (tertiary alicyclic amines) is 1. The van der Waals surface area contributed by atoms with Crippen LogP contribution in [0.3, 0.4) is 0 Å². The lowest BCUT2D eigenvalue weighted by molar-refractivity contribution is 0.0780. The van der Waals surface area contributed by atoms with Crippen molar-refractivity contribution in [3.8, 4) is 5.69 Å². The molecule has 0 bridgehead atoms. The Labute approximate surface area is 167 Å². The lowest BCUT2D eigenvalue weighted by Crippen LogP contribution is -2.31. The number of aromatic nitrogens is 2. The van der Waals surface area contributed by atoms with Crippen LogP contribution in [0.2, 0.25) is 0 Å². The number of carbonyl (C=O) groups is 1. The third kappa shape index (κ3) is 3.76. The zero-order valence-electron chi connectivity index (χ0n) is 16.2. The standard InChI is InChI=1S/C21H28N4O.ClH/c1-3-15-7-9-17(10-8-15)25-19-6-4-5-18(19)20(23-25)21(26)24-12-11-16(14-24)13-22-2;/h7-10,16,22H,3-6,11-14H2,1-2H3;1H. The zero-order valence-corrected chi connectivity index (χ0v) is 17.0. The van der Waals surface area contributed by atoms with Gasteiger partial charge >= 0.3 is 0 Å². The highest BCUT2D eigenvalue weighted by Crippen LogP contribution is 2.29. The second kappa shape index (κ2) is 8.44. The molecule has 1 aromatic heterocycles. The van der Waals surface area contributed by atoms with Crippen molar-refractivity contribution in [3.05, 3.63) is 46.8 Å². The minimum atomic E-state index is 0. The number of benzene rings is 1. The molecule has 0 saturated carbocycles. The molecule has 2 aliphatic rings. The van der Waals surface area contributed by atoms with E-state index in [9.17, 15) is 4.79 Å². The summed E-state index contributed by atoms with van der Waals surface area (Å²) < 4.78 is 2.01. The Kier molecular flexibility index (Phi) is 6.22. The molecule has 0 spiro atoms. The first-order valence-corrected chi connectivity index (χ1v) is 9.85. The highest BCUT2D eigenvalue weighted by atomic mass is 35.5. The van der Waals surface area contributed by atoms with Gasteiger partial charge in [0, 0.05) is 24.3 Å². The highest BCUT2D eigenvalue weighted by Gasteiger charge is 2.32. The minimum absolute atomic E-state index is 0. The summed E-state index contributed by atoms with van der Waals surface area (Å²) in [5.41, 5.74) is 5.47. The Morgan fingerprint density at radius 3 is 2.74 bits per heavy atom. The van der Waals surface area contributed by atoms with Crippen LogP contribution in [0.5, 0.6) is 0 Å². The number of aryl methyl sites for hydroxylation is 1. The summed E-state index contributed by atoms with van der Waals surface area (Å²) in [5, 5.41) is 8.01. The number of hydrogen-bond acceptors (Lipinski definition) is 3. The Morgan fingerprint density at radius 2 is 2.04 bits per heavy atom. The molecule has 146 valence electrons. The van der Waals surface area contributed by atoms with Crippen LogP contribution < -0.4 is 5.32 Å². The predicted octanol–water partition coefficient (Wildman–Crippen LogP) is 3.03. The number of halogens is 1. The maximum absolute atomic E-state index is 13.1. The highest BCUT2D eigenvalue weighted by molar-refractivity contribution is 5.94. The lowest BCUT2D eigenvalue weighted by atomic mass is 10.1. The third-order valence-corrected chi connectivity index (χ3v) is 5.79. The van der Waals surface area contributed by atoms with E-state index in [2.05, 4.69) is 36.5 Å². The molecule has 27 heavy (non-hydrogen) atoms. The van der Waals surface area contributed by atoms with E-state index in [1.54, 1.807) is 0 Å². The van der Waals surface area contributed by atoms with Gasteiger partial charge in [0.15, 0.2) is 5.69 Å². The monoisotopic (exact) mass is 388 g/mol. The van der Waals surface area contributed by atoms with E-state index in [-0.39, 0.29) is 18.3 Å². The lowest BCUT2D eigenvalue weighted by Gasteiger charge is -2.16. The fourth-order valence-corrected chi connectivity index (χ4v) is 4.32. The summed E-state index contributed by atoms with van der Waals surface area (Å²) in [7, 11) is 1.98. The fourth-order valence-electron chi connectivity index (χ4n) is 4.32. The van der Waals surface area contributed by atoms with Crippen LogP contribution in [0, 0.1) is 5.92 Å². The first kappa shape index (κ1) is 19.9. The van der Waals surface area contributed by atoms with E-state index in [1.165, 1.54) is 16.8 Å². The van der Waals surface area contributed by atoms with Crippen molar-refractivity contribution in [2.24, 2.45) is 5.92 Å². The molecule has 0 radical (unpaired) electrons. The molecule has 1 N–H and O–H groups in total. The quantitative estimate of drug-likeness (QED) is 0.856. The van der Waals surface area contributed by atoms with Crippen LogP contribution in [-0.2, 0) is 19.3 Å². The van der Waals surface area contributed by atoms with Gasteiger partial charge in [0.2, 0.25) is 0 Å². The minimum Gasteiger partial charge on any atom is -0.337 e. The predicted molar refractivity (Wildman–Crippen MR) is 110 cm³/mol. The number of nitrogens with zero attached hydrogens (tertiary/aromatic N) is 3. The number of rotatable bonds is 5. The fraction of sp³-hybridized carbons (Fsp3) is 0.524. The normalized spacial score (nSPS) is 18.4. The van der Waals surface area contributed by atoms with Crippen molar-refractivity contribution in [1.82, 2.24) is 20.0 Å². The van der Waals surface area contributed by atoms with Gasteiger partial charge in [0.1, 0.15) is 0 Å². The molecule has 1 atom stereocenters. The third-order valence-electron chi connectivity index (χ3n) is 5.79. The summed E-state index contributed by atoms with van der Waals surface area (Å²) >= 11 is 0. The topological polar surface area (TPSA) is 50.2 Å². The number of amides is 1. The molecule has 1 amide bonds. The van der Waals surface area contributed by atoms with Gasteiger partial charge in [-0.2, -0.15) is 5.10 Å². The molecule has 1 aliphatic carbocycles. The molecule has 6 heteroatoms. The van der Waals surface area contributed by atoms with Gasteiger partial charge in [-0.3, -0.25) is 4.79 Å². The Morgan fingerprint density at radius 1 is 1.26 bits per heavy atom. The SMILES string of the molecule is CCc1ccc(-n2nc(C(=O)N3CCC(CNC)C3)c3c2CCC3)cc1.Cl. The van der Waals surface area contributed by atoms with E-state index in [4.69, 9.17) is 5.10 Å². The van der Waals surface area contributed by atoms with Crippen LogP contribution >= 0.6 is 12.4 Å². The average molecular weight is 389 g/mol. The van der Waals surface area contributed by atoms with Gasteiger partial charge in [0.25, 0.3) is 5.91 Å². The summed E-state index contributed by atoms with van der Waals surface area (Å²) in [6, 6.07) is 8.56. The molecule has 1 fully saturated rings. The summed E-state index contributed by atoms with van der Waals surface area (Å²) in [6.45, 7) is 4.82. The van der Waals surface area contributed by atoms with E-state index < -0.39 is 0 Å². The van der Waals surface area contributed by atoms with E-state index >= 15 is 0 Å². The molecular weight excluding hydrogens is 360 g/mol. The molecule has 5 nitrogen and oxygen atoms in total. The molecule has 2 heterocycles. The van der Waals surface area contributed by atoms with Crippen LogP contribution in [0.15, 0.2) is 24.3 Å². The van der Waals surface area contributed by atoms with Crippen molar-refractivity contribution in [2.45, 2.75) is 39.0 Å². The molecule has 4 rings (SSSR count). The van der Waals surface area contributed by atoms with Gasteiger partial charge in [-0.15, -0.1) is 12.4 Å². The molecule has 1 aliphatic heterocycles. The largest absolute Gasteiger partial charge is 0.337 e. The summed E-state index contributed by atoms with van der Waals surface area (Å²) in [5.74, 6) is 0.673. The van der Waals surface area contributed by atoms with Gasteiger partial charge in [-0.25, -0.2) is 4.68 Å². The second-order valence-corrected chi connectivity index (χ2v) is 7.52. The average Bonchev–Trinajstić information content (AvgIpc) is 3.38. The van der Waals surface area contributed by atoms with Gasteiger partial charge in [-0.05, 0) is 69.3 Å². The van der Waals surface area contributed by atoms with Gasteiger partial charge in [0.05, 0.1) is 5.69 Å². The first-order chi connectivity index (χ1) is 12.7. The van der Waals surface area contributed by atoms with E-state index in [0.717, 1.165) is 57.4 Å². The summed E-state index contributed by atoms with van der Waals surface area (Å²) in [6.07, 6.45) is 5.20. The van der Waals surface area contributed by atoms with Gasteiger partial charge < -0.3 is 10.2 Å². The van der Waals surface area contributed by atoms with Crippen molar-refractivity contribution in [3.63, 3.8) is 0 Å². The number of hydrogen-bond donors (Lipinski definition) is 1. The van der Waals surface area contributed by atoms with E-state index in [1.807, 2.05) is 16.6 Å². The number of nitrogens with one attached hydrogen (secondary N) is 1. The van der Waals surface area contributed by atoms with Crippen molar-refractivity contribution in [1.29, 1.82) is 0 Å². The Hall–Kier alpha value is -1.85. The number of carbonyl (C=O) groups excluding carboxylic acids is 1. The molecular formula is C21H29ClN4O. The Bertz CT molecular complexity index is 799. The maximum Gasteiger partial charge on any atom is 0.274 e. The van der Waals surface area contributed by atoms with Crippen molar-refractivity contribution in [2.75, 3.05) is 26.7 Å². The van der Waals surface area contributed by atoms with Gasteiger partial charge in [-0.1, -0.05) is 19.1 Å². The van der Waals surface area contributed by atoms with Crippen LogP contribution in [0.1, 0.15) is 47.1 Å². The van der Waals surface area contributed by atoms with E-state index in [0.29, 0.717) is 11.6 Å². The van der Waals surface area contributed by atoms with Crippen LogP contribution in [0.4, 0.5) is 0 Å². The van der Waals surface area contributed by atoms with Crippen LogP contribution in [-0.4, -0.2) is 47.3 Å². The van der Waals surface area contributed by atoms with Crippen molar-refractivity contribution >= 4 is 18.3 Å². The molecule has 1 unspecified atom stereocenters. The molecule has 1 aromatic carbocycles. The zero-order chi connectivity index (χ0) is 18.1. The van der Waals surface area contributed by atoms with Crippen LogP contribution in [0.25, 0.3) is 5.69 Å². The Balaban J connectivity index is 0.00000210. The second-order valence-electron chi connectivity index (χ2n) is 7.52. The first-order valence-electron chi connectivity index (χ1n) is 9.85. The molecule has 1 saturated heterocycles. The smallest absolute Gasteiger partial charge is 0.274 e. The molecule has 2 aromatic rings. The maximum atomic E-state index is 13.1. The number of fused-ring (bicyclic) bond motifs is 1. The summed E-state index contributed by atoms with van der Waals surface area (Å²) in [4.78, 5) is 15.1. The van der Waals surface area contributed by atoms with Crippen molar-refractivity contribution < 1.29 is 4.79 Å².